The number of methoxy groups -OCH3 is 1. The van der Waals surface area contributed by atoms with Gasteiger partial charge in [0.2, 0.25) is 0 Å². The zero-order valence-corrected chi connectivity index (χ0v) is 7.75. The average Bonchev–Trinajstić information content (AvgIpc) is 2.16. The normalized spacial score (nSPS) is 10.3. The average molecular weight is 195 g/mol. The third-order valence-electron chi connectivity index (χ3n) is 1.73. The van der Waals surface area contributed by atoms with E-state index < -0.39 is 0 Å². The minimum absolute atomic E-state index is 0.577. The Labute approximate surface area is 80.3 Å². The van der Waals surface area contributed by atoms with Crippen molar-refractivity contribution in [3.63, 3.8) is 0 Å². The van der Waals surface area contributed by atoms with Gasteiger partial charge in [-0.2, -0.15) is 0 Å². The number of nitrogens with zero attached hydrogens (tertiary/aromatic N) is 2. The molecule has 2 rings (SSSR count). The number of hydrogen-bond donors (Lipinski definition) is 0. The summed E-state index contributed by atoms with van der Waals surface area (Å²) in [6, 6.07) is 3.52. The Morgan fingerprint density at radius 2 is 2.23 bits per heavy atom. The second-order valence-corrected chi connectivity index (χ2v) is 2.97. The molecular formula is C9H7ClN2O. The van der Waals surface area contributed by atoms with E-state index in [1.54, 1.807) is 31.6 Å². The molecule has 0 aliphatic rings. The maximum absolute atomic E-state index is 5.77. The van der Waals surface area contributed by atoms with Crippen molar-refractivity contribution >= 4 is 22.6 Å². The third-order valence-corrected chi connectivity index (χ3v) is 1.93. The molecule has 0 aromatic carbocycles. The van der Waals surface area contributed by atoms with Gasteiger partial charge in [0.15, 0.2) is 0 Å². The Bertz CT molecular complexity index is 445. The lowest BCUT2D eigenvalue weighted by atomic mass is 10.3. The Morgan fingerprint density at radius 1 is 1.38 bits per heavy atom. The summed E-state index contributed by atoms with van der Waals surface area (Å²) in [6.07, 6.45) is 3.24. The summed E-state index contributed by atoms with van der Waals surface area (Å²) in [5.41, 5.74) is 1.47. The summed E-state index contributed by atoms with van der Waals surface area (Å²) in [7, 11) is 1.60. The van der Waals surface area contributed by atoms with Crippen LogP contribution in [-0.2, 0) is 0 Å². The quantitative estimate of drug-likeness (QED) is 0.699. The smallest absolute Gasteiger partial charge is 0.148 e. The molecule has 0 aliphatic carbocycles. The van der Waals surface area contributed by atoms with Gasteiger partial charge in [-0.1, -0.05) is 11.6 Å². The van der Waals surface area contributed by atoms with Crippen LogP contribution in [0.2, 0.25) is 5.02 Å². The standard InChI is InChI=1S/C9H7ClN2O/c1-13-8-2-3-11-7-4-6(10)5-12-9(7)8/h2-5H,1H3. The monoisotopic (exact) mass is 194 g/mol. The van der Waals surface area contributed by atoms with Gasteiger partial charge in [0, 0.05) is 18.5 Å². The second-order valence-electron chi connectivity index (χ2n) is 2.53. The van der Waals surface area contributed by atoms with Crippen molar-refractivity contribution < 1.29 is 4.74 Å². The summed E-state index contributed by atoms with van der Waals surface area (Å²) in [6.45, 7) is 0. The number of halogens is 1. The molecule has 66 valence electrons. The van der Waals surface area contributed by atoms with Gasteiger partial charge in [-0.3, -0.25) is 4.98 Å². The van der Waals surface area contributed by atoms with E-state index in [1.165, 1.54) is 0 Å². The second kappa shape index (κ2) is 3.18. The SMILES string of the molecule is COc1ccnc2cc(Cl)cnc12. The molecule has 0 N–H and O–H groups in total. The molecule has 13 heavy (non-hydrogen) atoms. The third kappa shape index (κ3) is 1.42. The number of pyridine rings is 2. The molecule has 3 nitrogen and oxygen atoms in total. The zero-order valence-electron chi connectivity index (χ0n) is 6.99. The van der Waals surface area contributed by atoms with Gasteiger partial charge in [0.05, 0.1) is 17.6 Å². The Balaban J connectivity index is 2.77. The highest BCUT2D eigenvalue weighted by atomic mass is 35.5. The van der Waals surface area contributed by atoms with E-state index in [0.29, 0.717) is 10.8 Å². The maximum Gasteiger partial charge on any atom is 0.148 e. The lowest BCUT2D eigenvalue weighted by Crippen LogP contribution is -1.88. The van der Waals surface area contributed by atoms with E-state index in [0.717, 1.165) is 11.0 Å². The summed E-state index contributed by atoms with van der Waals surface area (Å²) >= 11 is 5.77. The molecule has 0 fully saturated rings. The molecule has 2 aromatic rings. The largest absolute Gasteiger partial charge is 0.494 e. The van der Waals surface area contributed by atoms with Crippen LogP contribution in [0.5, 0.6) is 5.75 Å². The van der Waals surface area contributed by atoms with E-state index in [4.69, 9.17) is 16.3 Å². The molecule has 0 saturated carbocycles. The fourth-order valence-electron chi connectivity index (χ4n) is 1.15. The minimum Gasteiger partial charge on any atom is -0.494 e. The van der Waals surface area contributed by atoms with Gasteiger partial charge in [-0.05, 0) is 6.07 Å². The molecule has 4 heteroatoms. The van der Waals surface area contributed by atoms with Crippen molar-refractivity contribution in [1.82, 2.24) is 9.97 Å². The van der Waals surface area contributed by atoms with Crippen LogP contribution in [0.1, 0.15) is 0 Å². The topological polar surface area (TPSA) is 35.0 Å². The van der Waals surface area contributed by atoms with E-state index in [-0.39, 0.29) is 0 Å². The molecule has 0 saturated heterocycles. The molecule has 0 unspecified atom stereocenters. The Kier molecular flexibility index (Phi) is 2.02. The maximum atomic E-state index is 5.77. The lowest BCUT2D eigenvalue weighted by Gasteiger charge is -2.02. The van der Waals surface area contributed by atoms with Crippen LogP contribution in [0, 0.1) is 0 Å². The first-order chi connectivity index (χ1) is 6.31. The van der Waals surface area contributed by atoms with Crippen molar-refractivity contribution in [2.45, 2.75) is 0 Å². The van der Waals surface area contributed by atoms with E-state index >= 15 is 0 Å². The summed E-state index contributed by atoms with van der Waals surface area (Å²) in [5, 5.41) is 0.577. The van der Waals surface area contributed by atoms with Crippen LogP contribution in [0.15, 0.2) is 24.5 Å². The minimum atomic E-state index is 0.577. The van der Waals surface area contributed by atoms with Gasteiger partial charge < -0.3 is 4.74 Å². The Morgan fingerprint density at radius 3 is 3.00 bits per heavy atom. The summed E-state index contributed by atoms with van der Waals surface area (Å²) in [5.74, 6) is 0.710. The number of fused-ring (bicyclic) bond motifs is 1. The van der Waals surface area contributed by atoms with Gasteiger partial charge in [0.1, 0.15) is 11.3 Å². The Hall–Kier alpha value is -1.35. The van der Waals surface area contributed by atoms with Gasteiger partial charge in [-0.25, -0.2) is 4.98 Å². The highest BCUT2D eigenvalue weighted by Gasteiger charge is 2.02. The van der Waals surface area contributed by atoms with Crippen molar-refractivity contribution in [3.8, 4) is 5.75 Å². The van der Waals surface area contributed by atoms with Crippen LogP contribution in [0.25, 0.3) is 11.0 Å². The first kappa shape index (κ1) is 8.26. The van der Waals surface area contributed by atoms with E-state index in [9.17, 15) is 0 Å². The van der Waals surface area contributed by atoms with E-state index in [1.807, 2.05) is 0 Å². The molecule has 0 spiro atoms. The molecule has 2 aromatic heterocycles. The van der Waals surface area contributed by atoms with Crippen molar-refractivity contribution in [2.24, 2.45) is 0 Å². The van der Waals surface area contributed by atoms with Gasteiger partial charge in [-0.15, -0.1) is 0 Å². The van der Waals surface area contributed by atoms with Crippen molar-refractivity contribution in [1.29, 1.82) is 0 Å². The fourth-order valence-corrected chi connectivity index (χ4v) is 1.30. The predicted octanol–water partition coefficient (Wildman–Crippen LogP) is 2.29. The number of rotatable bonds is 1. The predicted molar refractivity (Wildman–Crippen MR) is 51.1 cm³/mol. The number of hydrogen-bond acceptors (Lipinski definition) is 3. The van der Waals surface area contributed by atoms with Gasteiger partial charge >= 0.3 is 0 Å². The molecule has 0 bridgehead atoms. The highest BCUT2D eigenvalue weighted by Crippen LogP contribution is 2.22. The van der Waals surface area contributed by atoms with Crippen LogP contribution in [0.3, 0.4) is 0 Å². The zero-order chi connectivity index (χ0) is 9.26. The van der Waals surface area contributed by atoms with Crippen LogP contribution in [-0.4, -0.2) is 17.1 Å². The van der Waals surface area contributed by atoms with Crippen molar-refractivity contribution in [3.05, 3.63) is 29.5 Å². The van der Waals surface area contributed by atoms with Gasteiger partial charge in [0.25, 0.3) is 0 Å². The molecule has 0 atom stereocenters. The number of ether oxygens (including phenoxy) is 1. The highest BCUT2D eigenvalue weighted by molar-refractivity contribution is 6.31. The summed E-state index contributed by atoms with van der Waals surface area (Å²) in [4.78, 5) is 8.26. The summed E-state index contributed by atoms with van der Waals surface area (Å²) < 4.78 is 5.12. The first-order valence-electron chi connectivity index (χ1n) is 3.75. The molecular weight excluding hydrogens is 188 g/mol. The fraction of sp³-hybridized carbons (Fsp3) is 0.111. The number of aromatic nitrogens is 2. The van der Waals surface area contributed by atoms with Crippen LogP contribution in [0.4, 0.5) is 0 Å². The van der Waals surface area contributed by atoms with E-state index in [2.05, 4.69) is 9.97 Å². The van der Waals surface area contributed by atoms with Crippen LogP contribution < -0.4 is 4.74 Å². The molecule has 0 amide bonds. The first-order valence-corrected chi connectivity index (χ1v) is 4.13. The van der Waals surface area contributed by atoms with Crippen LogP contribution >= 0.6 is 11.6 Å². The lowest BCUT2D eigenvalue weighted by molar-refractivity contribution is 0.418. The molecule has 2 heterocycles. The molecule has 0 aliphatic heterocycles. The van der Waals surface area contributed by atoms with Crippen molar-refractivity contribution in [2.75, 3.05) is 7.11 Å². The molecule has 0 radical (unpaired) electrons.